The molecule has 0 spiro atoms. The van der Waals surface area contributed by atoms with Crippen molar-refractivity contribution in [3.05, 3.63) is 53.6 Å². The van der Waals surface area contributed by atoms with Gasteiger partial charge in [-0.2, -0.15) is 0 Å². The summed E-state index contributed by atoms with van der Waals surface area (Å²) in [6.45, 7) is 1.10. The number of carbonyl (C=O) groups is 1. The summed E-state index contributed by atoms with van der Waals surface area (Å²) in [5.74, 6) is 1.68. The number of hydrogen-bond acceptors (Lipinski definition) is 5. The second-order valence-electron chi connectivity index (χ2n) is 8.53. The molecule has 1 saturated heterocycles. The van der Waals surface area contributed by atoms with Gasteiger partial charge in [-0.1, -0.05) is 18.2 Å². The van der Waals surface area contributed by atoms with Crippen LogP contribution in [0.15, 0.2) is 47.4 Å². The SMILES string of the molecule is COc1ccc(C2CC(=O)N(Cc3ccc(S(C)(=O)=O)cc3)C2)cc1OC1CCCC1. The zero-order valence-corrected chi connectivity index (χ0v) is 18.9. The Bertz CT molecular complexity index is 1040. The summed E-state index contributed by atoms with van der Waals surface area (Å²) in [6.07, 6.45) is 6.42. The maximum atomic E-state index is 12.6. The van der Waals surface area contributed by atoms with Crippen LogP contribution in [0.25, 0.3) is 0 Å². The van der Waals surface area contributed by atoms with E-state index in [4.69, 9.17) is 9.47 Å². The van der Waals surface area contributed by atoms with Crippen molar-refractivity contribution in [2.45, 2.75) is 55.6 Å². The molecule has 1 saturated carbocycles. The minimum absolute atomic E-state index is 0.0969. The summed E-state index contributed by atoms with van der Waals surface area (Å²) in [7, 11) is -1.58. The highest BCUT2D eigenvalue weighted by molar-refractivity contribution is 7.90. The number of likely N-dealkylation sites (tertiary alicyclic amines) is 1. The van der Waals surface area contributed by atoms with Crippen LogP contribution in [0, 0.1) is 0 Å². The second kappa shape index (κ2) is 8.91. The quantitative estimate of drug-likeness (QED) is 0.648. The number of sulfone groups is 1. The molecular weight excluding hydrogens is 414 g/mol. The number of carbonyl (C=O) groups excluding carboxylic acids is 1. The molecule has 1 aliphatic heterocycles. The van der Waals surface area contributed by atoms with E-state index in [0.717, 1.165) is 35.5 Å². The number of ether oxygens (including phenoxy) is 2. The lowest BCUT2D eigenvalue weighted by molar-refractivity contribution is -0.128. The third kappa shape index (κ3) is 5.03. The molecule has 0 aromatic heterocycles. The van der Waals surface area contributed by atoms with Crippen molar-refractivity contribution in [1.29, 1.82) is 0 Å². The van der Waals surface area contributed by atoms with Gasteiger partial charge in [-0.3, -0.25) is 4.79 Å². The molecule has 2 aromatic carbocycles. The van der Waals surface area contributed by atoms with Crippen molar-refractivity contribution >= 4 is 15.7 Å². The van der Waals surface area contributed by atoms with Gasteiger partial charge in [0, 0.05) is 31.7 Å². The molecule has 2 aliphatic rings. The van der Waals surface area contributed by atoms with Gasteiger partial charge in [0.15, 0.2) is 21.3 Å². The first-order valence-corrected chi connectivity index (χ1v) is 12.6. The summed E-state index contributed by atoms with van der Waals surface area (Å²) in [5, 5.41) is 0. The molecule has 2 fully saturated rings. The highest BCUT2D eigenvalue weighted by Crippen LogP contribution is 2.37. The molecule has 1 heterocycles. The molecule has 7 heteroatoms. The first-order valence-electron chi connectivity index (χ1n) is 10.7. The normalized spacial score (nSPS) is 19.7. The fraction of sp³-hybridized carbons (Fsp3) is 0.458. The molecule has 0 N–H and O–H groups in total. The molecule has 166 valence electrons. The summed E-state index contributed by atoms with van der Waals surface area (Å²) >= 11 is 0. The summed E-state index contributed by atoms with van der Waals surface area (Å²) < 4.78 is 35.0. The van der Waals surface area contributed by atoms with Gasteiger partial charge in [-0.05, 0) is 61.1 Å². The van der Waals surface area contributed by atoms with Gasteiger partial charge in [0.2, 0.25) is 5.91 Å². The van der Waals surface area contributed by atoms with E-state index in [1.165, 1.54) is 19.1 Å². The van der Waals surface area contributed by atoms with Crippen molar-refractivity contribution in [2.24, 2.45) is 0 Å². The molecule has 0 radical (unpaired) electrons. The van der Waals surface area contributed by atoms with Crippen molar-refractivity contribution < 1.29 is 22.7 Å². The zero-order chi connectivity index (χ0) is 22.0. The Morgan fingerprint density at radius 3 is 2.39 bits per heavy atom. The van der Waals surface area contributed by atoms with Crippen LogP contribution in [0.4, 0.5) is 0 Å². The number of benzene rings is 2. The van der Waals surface area contributed by atoms with Gasteiger partial charge in [0.05, 0.1) is 18.1 Å². The topological polar surface area (TPSA) is 72.9 Å². The molecule has 1 aliphatic carbocycles. The molecule has 1 unspecified atom stereocenters. The van der Waals surface area contributed by atoms with Crippen LogP contribution in [0.1, 0.15) is 49.1 Å². The van der Waals surface area contributed by atoms with Crippen molar-refractivity contribution in [3.8, 4) is 11.5 Å². The van der Waals surface area contributed by atoms with Crippen LogP contribution >= 0.6 is 0 Å². The van der Waals surface area contributed by atoms with E-state index >= 15 is 0 Å². The average Bonchev–Trinajstić information content (AvgIpc) is 3.38. The molecular formula is C24H29NO5S. The second-order valence-corrected chi connectivity index (χ2v) is 10.5. The number of hydrogen-bond donors (Lipinski definition) is 0. The average molecular weight is 444 g/mol. The molecule has 31 heavy (non-hydrogen) atoms. The summed E-state index contributed by atoms with van der Waals surface area (Å²) in [4.78, 5) is 14.8. The lowest BCUT2D eigenvalue weighted by Crippen LogP contribution is -2.24. The molecule has 6 nitrogen and oxygen atoms in total. The molecule has 1 atom stereocenters. The minimum Gasteiger partial charge on any atom is -0.493 e. The van der Waals surface area contributed by atoms with Gasteiger partial charge in [0.25, 0.3) is 0 Å². The van der Waals surface area contributed by atoms with Crippen LogP contribution in [0.3, 0.4) is 0 Å². The van der Waals surface area contributed by atoms with E-state index in [9.17, 15) is 13.2 Å². The van der Waals surface area contributed by atoms with Crippen molar-refractivity contribution in [2.75, 3.05) is 19.9 Å². The van der Waals surface area contributed by atoms with Crippen LogP contribution in [0.2, 0.25) is 0 Å². The Kier molecular flexibility index (Phi) is 6.23. The number of amides is 1. The minimum atomic E-state index is -3.22. The molecule has 0 bridgehead atoms. The number of methoxy groups -OCH3 is 1. The third-order valence-electron chi connectivity index (χ3n) is 6.19. The zero-order valence-electron chi connectivity index (χ0n) is 18.0. The molecule has 4 rings (SSSR count). The van der Waals surface area contributed by atoms with E-state index in [1.54, 1.807) is 31.4 Å². The van der Waals surface area contributed by atoms with E-state index in [2.05, 4.69) is 0 Å². The fourth-order valence-electron chi connectivity index (χ4n) is 4.44. The Morgan fingerprint density at radius 2 is 1.74 bits per heavy atom. The first kappa shape index (κ1) is 21.7. The highest BCUT2D eigenvalue weighted by Gasteiger charge is 2.31. The third-order valence-corrected chi connectivity index (χ3v) is 7.32. The lowest BCUT2D eigenvalue weighted by atomic mass is 9.98. The maximum Gasteiger partial charge on any atom is 0.223 e. The van der Waals surface area contributed by atoms with Crippen LogP contribution in [-0.2, 0) is 21.2 Å². The molecule has 2 aromatic rings. The van der Waals surface area contributed by atoms with Crippen LogP contribution in [0.5, 0.6) is 11.5 Å². The highest BCUT2D eigenvalue weighted by atomic mass is 32.2. The fourth-order valence-corrected chi connectivity index (χ4v) is 5.07. The largest absolute Gasteiger partial charge is 0.493 e. The van der Waals surface area contributed by atoms with Gasteiger partial charge >= 0.3 is 0 Å². The maximum absolute atomic E-state index is 12.6. The van der Waals surface area contributed by atoms with Gasteiger partial charge < -0.3 is 14.4 Å². The van der Waals surface area contributed by atoms with E-state index < -0.39 is 9.84 Å². The Morgan fingerprint density at radius 1 is 1.03 bits per heavy atom. The van der Waals surface area contributed by atoms with Crippen LogP contribution < -0.4 is 9.47 Å². The summed E-state index contributed by atoms with van der Waals surface area (Å²) in [6, 6.07) is 12.7. The van der Waals surface area contributed by atoms with Crippen molar-refractivity contribution in [3.63, 3.8) is 0 Å². The Balaban J connectivity index is 1.46. The predicted molar refractivity (Wildman–Crippen MR) is 118 cm³/mol. The Hall–Kier alpha value is -2.54. The number of nitrogens with zero attached hydrogens (tertiary/aromatic N) is 1. The smallest absolute Gasteiger partial charge is 0.223 e. The van der Waals surface area contributed by atoms with E-state index in [0.29, 0.717) is 19.5 Å². The standard InChI is InChI=1S/C24H29NO5S/c1-29-22-12-9-18(13-23(22)30-20-5-3-4-6-20)19-14-24(26)25(16-19)15-17-7-10-21(11-8-17)31(2,27)28/h7-13,19-20H,3-6,14-16H2,1-2H3. The monoisotopic (exact) mass is 443 g/mol. The van der Waals surface area contributed by atoms with Gasteiger partial charge in [0.1, 0.15) is 0 Å². The first-order chi connectivity index (χ1) is 14.8. The Labute approximate surface area is 184 Å². The molecule has 1 amide bonds. The number of rotatable bonds is 7. The van der Waals surface area contributed by atoms with Gasteiger partial charge in [-0.15, -0.1) is 0 Å². The van der Waals surface area contributed by atoms with Crippen molar-refractivity contribution in [1.82, 2.24) is 4.90 Å². The summed E-state index contributed by atoms with van der Waals surface area (Å²) in [5.41, 5.74) is 2.00. The van der Waals surface area contributed by atoms with Gasteiger partial charge in [-0.25, -0.2) is 8.42 Å². The predicted octanol–water partition coefficient (Wildman–Crippen LogP) is 3.94. The van der Waals surface area contributed by atoms with E-state index in [1.807, 2.05) is 23.1 Å². The lowest BCUT2D eigenvalue weighted by Gasteiger charge is -2.19. The van der Waals surface area contributed by atoms with E-state index in [-0.39, 0.29) is 22.8 Å². The van der Waals surface area contributed by atoms with Crippen LogP contribution in [-0.4, -0.2) is 45.2 Å².